The highest BCUT2D eigenvalue weighted by molar-refractivity contribution is 5.61. The van der Waals surface area contributed by atoms with E-state index >= 15 is 0 Å². The number of hydrogen-bond acceptors (Lipinski definition) is 6. The quantitative estimate of drug-likeness (QED) is 0.472. The number of nitrogens with one attached hydrogen (secondary N) is 1. The highest BCUT2D eigenvalue weighted by Gasteiger charge is 2.29. The lowest BCUT2D eigenvalue weighted by molar-refractivity contribution is -0.109. The first kappa shape index (κ1) is 19.2. The van der Waals surface area contributed by atoms with E-state index in [1.807, 2.05) is 25.4 Å². The van der Waals surface area contributed by atoms with Crippen molar-refractivity contribution < 1.29 is 4.79 Å². The van der Waals surface area contributed by atoms with Crippen LogP contribution in [0.4, 0.5) is 11.6 Å². The van der Waals surface area contributed by atoms with E-state index in [1.165, 1.54) is 5.56 Å². The van der Waals surface area contributed by atoms with E-state index in [2.05, 4.69) is 28.3 Å². The molecule has 1 unspecified atom stereocenters. The fourth-order valence-corrected chi connectivity index (χ4v) is 4.11. The molecule has 1 fully saturated rings. The maximum Gasteiger partial charge on any atom is 0.207 e. The van der Waals surface area contributed by atoms with Gasteiger partial charge in [0, 0.05) is 36.7 Å². The third-order valence-corrected chi connectivity index (χ3v) is 5.60. The van der Waals surface area contributed by atoms with Crippen molar-refractivity contribution >= 4 is 23.7 Å². The Balaban J connectivity index is 1.65. The summed E-state index contributed by atoms with van der Waals surface area (Å²) in [6, 6.07) is 4.50. The number of aromatic nitrogens is 4. The Morgan fingerprint density at radius 1 is 1.38 bits per heavy atom. The second-order valence-electron chi connectivity index (χ2n) is 7.64. The molecule has 0 saturated carbocycles. The summed E-state index contributed by atoms with van der Waals surface area (Å²) in [5.74, 6) is 1.46. The summed E-state index contributed by atoms with van der Waals surface area (Å²) < 4.78 is 1.74. The summed E-state index contributed by atoms with van der Waals surface area (Å²) in [7, 11) is 0. The van der Waals surface area contributed by atoms with Crippen LogP contribution in [-0.4, -0.2) is 39.1 Å². The Morgan fingerprint density at radius 2 is 2.24 bits per heavy atom. The minimum absolute atomic E-state index is 0.243. The zero-order chi connectivity index (χ0) is 20.4. The average molecular weight is 393 g/mol. The van der Waals surface area contributed by atoms with Crippen molar-refractivity contribution in [2.75, 3.05) is 23.7 Å². The number of nitrogens with zero attached hydrogens (tertiary/aromatic N) is 5. The van der Waals surface area contributed by atoms with Crippen molar-refractivity contribution in [3.8, 4) is 0 Å². The lowest BCUT2D eigenvalue weighted by Crippen LogP contribution is -2.25. The first-order valence-corrected chi connectivity index (χ1v) is 10.1. The predicted molar refractivity (Wildman–Crippen MR) is 113 cm³/mol. The highest BCUT2D eigenvalue weighted by atomic mass is 16.1. The Labute approximate surface area is 170 Å². The molecule has 1 aliphatic rings. The van der Waals surface area contributed by atoms with E-state index in [0.717, 1.165) is 66.9 Å². The predicted octanol–water partition coefficient (Wildman–Crippen LogP) is 2.34. The number of anilines is 2. The number of rotatable bonds is 7. The number of amides is 1. The Morgan fingerprint density at radius 3 is 3.07 bits per heavy atom. The lowest BCUT2D eigenvalue weighted by Gasteiger charge is -2.28. The van der Waals surface area contributed by atoms with Gasteiger partial charge in [0.15, 0.2) is 11.5 Å². The number of nitrogen functional groups attached to an aromatic ring is 1. The first-order valence-electron chi connectivity index (χ1n) is 10.1. The molecule has 1 atom stereocenters. The van der Waals surface area contributed by atoms with Crippen LogP contribution in [0.25, 0.3) is 5.65 Å². The first-order chi connectivity index (χ1) is 14.1. The van der Waals surface area contributed by atoms with E-state index in [-0.39, 0.29) is 6.04 Å². The smallest absolute Gasteiger partial charge is 0.207 e. The summed E-state index contributed by atoms with van der Waals surface area (Å²) >= 11 is 0. The topological polar surface area (TPSA) is 101 Å². The third-order valence-electron chi connectivity index (χ3n) is 5.60. The minimum atomic E-state index is 0.243. The van der Waals surface area contributed by atoms with Crippen molar-refractivity contribution in [2.45, 2.75) is 45.6 Å². The van der Waals surface area contributed by atoms with Crippen LogP contribution in [0.2, 0.25) is 0 Å². The Bertz CT molecular complexity index is 1030. The molecule has 1 amide bonds. The van der Waals surface area contributed by atoms with Gasteiger partial charge in [-0.1, -0.05) is 6.07 Å². The molecule has 8 heteroatoms. The fraction of sp³-hybridized carbons (Fsp3) is 0.429. The van der Waals surface area contributed by atoms with Crippen LogP contribution in [0.5, 0.6) is 0 Å². The standard InChI is InChI=1S/C21H27N7O/c1-14-11-16(17(24-12-14)5-3-8-23-13-29)18-6-4-9-27(18)19-7-10-28-21(25-19)15(2)20(22)26-28/h7,10-13,18H,3-6,8-9H2,1-2H3,(H2,22,26)(H,23,29). The number of hydrogen-bond donors (Lipinski definition) is 2. The van der Waals surface area contributed by atoms with Crippen molar-refractivity contribution in [3.05, 3.63) is 46.9 Å². The second kappa shape index (κ2) is 8.06. The molecule has 152 valence electrons. The van der Waals surface area contributed by atoms with Gasteiger partial charge in [0.25, 0.3) is 0 Å². The molecule has 1 saturated heterocycles. The molecule has 0 aliphatic carbocycles. The molecule has 4 heterocycles. The van der Waals surface area contributed by atoms with E-state index in [1.54, 1.807) is 4.52 Å². The third kappa shape index (κ3) is 3.74. The van der Waals surface area contributed by atoms with Gasteiger partial charge in [-0.05, 0) is 56.7 Å². The van der Waals surface area contributed by atoms with Gasteiger partial charge < -0.3 is 16.0 Å². The van der Waals surface area contributed by atoms with Crippen molar-refractivity contribution in [1.82, 2.24) is 24.9 Å². The molecule has 0 aromatic carbocycles. The largest absolute Gasteiger partial charge is 0.382 e. The van der Waals surface area contributed by atoms with Gasteiger partial charge in [-0.3, -0.25) is 9.78 Å². The van der Waals surface area contributed by atoms with E-state index in [0.29, 0.717) is 12.4 Å². The van der Waals surface area contributed by atoms with E-state index in [4.69, 9.17) is 15.7 Å². The summed E-state index contributed by atoms with van der Waals surface area (Å²) in [6.45, 7) is 5.64. The molecular weight excluding hydrogens is 366 g/mol. The Kier molecular flexibility index (Phi) is 5.33. The minimum Gasteiger partial charge on any atom is -0.382 e. The zero-order valence-corrected chi connectivity index (χ0v) is 16.9. The number of fused-ring (bicyclic) bond motifs is 1. The number of aryl methyl sites for hydroxylation is 3. The molecule has 0 bridgehead atoms. The number of nitrogens with two attached hydrogens (primary N) is 1. The highest BCUT2D eigenvalue weighted by Crippen LogP contribution is 2.37. The Hall–Kier alpha value is -3.16. The fourth-order valence-electron chi connectivity index (χ4n) is 4.11. The molecule has 4 rings (SSSR count). The van der Waals surface area contributed by atoms with Gasteiger partial charge in [0.05, 0.1) is 6.04 Å². The molecule has 3 aromatic heterocycles. The van der Waals surface area contributed by atoms with Gasteiger partial charge in [0.1, 0.15) is 5.82 Å². The maximum absolute atomic E-state index is 10.5. The normalized spacial score (nSPS) is 16.5. The molecule has 0 radical (unpaired) electrons. The SMILES string of the molecule is Cc1cnc(CCCNC=O)c(C2CCCN2c2ccn3nc(N)c(C)c3n2)c1. The molecule has 3 aromatic rings. The van der Waals surface area contributed by atoms with E-state index < -0.39 is 0 Å². The summed E-state index contributed by atoms with van der Waals surface area (Å²) in [5, 5.41) is 7.04. The van der Waals surface area contributed by atoms with Crippen molar-refractivity contribution in [2.24, 2.45) is 0 Å². The second-order valence-corrected chi connectivity index (χ2v) is 7.64. The van der Waals surface area contributed by atoms with Crippen LogP contribution >= 0.6 is 0 Å². The van der Waals surface area contributed by atoms with Crippen LogP contribution in [0.3, 0.4) is 0 Å². The van der Waals surface area contributed by atoms with Gasteiger partial charge in [0.2, 0.25) is 6.41 Å². The maximum atomic E-state index is 10.5. The molecule has 8 nitrogen and oxygen atoms in total. The lowest BCUT2D eigenvalue weighted by atomic mass is 9.98. The summed E-state index contributed by atoms with van der Waals surface area (Å²) in [5.41, 5.74) is 11.2. The van der Waals surface area contributed by atoms with Crippen LogP contribution in [0.15, 0.2) is 24.5 Å². The van der Waals surface area contributed by atoms with Gasteiger partial charge in [-0.15, -0.1) is 5.10 Å². The van der Waals surface area contributed by atoms with Gasteiger partial charge in [-0.2, -0.15) is 0 Å². The van der Waals surface area contributed by atoms with Gasteiger partial charge in [-0.25, -0.2) is 9.50 Å². The average Bonchev–Trinajstić information content (AvgIpc) is 3.31. The van der Waals surface area contributed by atoms with E-state index in [9.17, 15) is 4.79 Å². The molecule has 3 N–H and O–H groups in total. The molecular formula is C21H27N7O. The molecule has 0 spiro atoms. The van der Waals surface area contributed by atoms with Crippen LogP contribution in [-0.2, 0) is 11.2 Å². The van der Waals surface area contributed by atoms with Crippen LogP contribution in [0.1, 0.15) is 47.7 Å². The summed E-state index contributed by atoms with van der Waals surface area (Å²) in [6.07, 6.45) is 8.48. The molecule has 1 aliphatic heterocycles. The number of carbonyl (C=O) groups excluding carboxylic acids is 1. The monoisotopic (exact) mass is 393 g/mol. The van der Waals surface area contributed by atoms with Crippen LogP contribution in [0, 0.1) is 13.8 Å². The molecule has 29 heavy (non-hydrogen) atoms. The van der Waals surface area contributed by atoms with Crippen LogP contribution < -0.4 is 16.0 Å². The number of carbonyl (C=O) groups is 1. The van der Waals surface area contributed by atoms with Crippen molar-refractivity contribution in [3.63, 3.8) is 0 Å². The zero-order valence-electron chi connectivity index (χ0n) is 16.9. The number of pyridine rings is 1. The van der Waals surface area contributed by atoms with Gasteiger partial charge >= 0.3 is 0 Å². The summed E-state index contributed by atoms with van der Waals surface area (Å²) in [4.78, 5) is 22.5. The van der Waals surface area contributed by atoms with Crippen molar-refractivity contribution in [1.29, 1.82) is 0 Å².